The molecule has 1 rings (SSSR count). The van der Waals surface area contributed by atoms with Crippen LogP contribution in [0.15, 0.2) is 6.07 Å². The second kappa shape index (κ2) is 6.39. The van der Waals surface area contributed by atoms with E-state index in [1.165, 1.54) is 0 Å². The zero-order chi connectivity index (χ0) is 16.4. The number of nitrogens with two attached hydrogens (primary N) is 1. The number of nitrogens with one attached hydrogen (secondary N) is 2. The van der Waals surface area contributed by atoms with E-state index < -0.39 is 6.04 Å². The molecule has 1 atom stereocenters. The summed E-state index contributed by atoms with van der Waals surface area (Å²) in [7, 11) is 0. The van der Waals surface area contributed by atoms with Crippen molar-refractivity contribution in [3.05, 3.63) is 22.9 Å². The molecule has 0 aliphatic carbocycles. The van der Waals surface area contributed by atoms with Crippen LogP contribution in [-0.4, -0.2) is 27.5 Å². The van der Waals surface area contributed by atoms with Crippen molar-refractivity contribution in [3.63, 3.8) is 0 Å². The number of carbonyl (C=O) groups is 1. The van der Waals surface area contributed by atoms with Crippen molar-refractivity contribution < 1.29 is 4.79 Å². The first-order chi connectivity index (χ1) is 9.51. The van der Waals surface area contributed by atoms with Gasteiger partial charge < -0.3 is 16.4 Å². The van der Waals surface area contributed by atoms with Gasteiger partial charge in [0.1, 0.15) is 16.8 Å². The largest absolute Gasteiger partial charge is 0.389 e. The maximum atomic E-state index is 12.1. The van der Waals surface area contributed by atoms with Gasteiger partial charge in [-0.3, -0.25) is 4.79 Å². The molecule has 116 valence electrons. The molecule has 4 N–H and O–H groups in total. The lowest BCUT2D eigenvalue weighted by Crippen LogP contribution is -2.47. The molecule has 0 aromatic carbocycles. The van der Waals surface area contributed by atoms with Crippen LogP contribution in [0.2, 0.25) is 0 Å². The first-order valence-corrected chi connectivity index (χ1v) is 7.28. The Morgan fingerprint density at radius 1 is 1.38 bits per heavy atom. The Bertz CT molecular complexity index is 564. The van der Waals surface area contributed by atoms with E-state index in [1.54, 1.807) is 6.92 Å². The van der Waals surface area contributed by atoms with E-state index in [-0.39, 0.29) is 16.4 Å². The fourth-order valence-corrected chi connectivity index (χ4v) is 2.26. The van der Waals surface area contributed by atoms with Crippen molar-refractivity contribution in [1.82, 2.24) is 10.3 Å². The Kier molecular flexibility index (Phi) is 5.28. The number of thiocarbonyl (C=S) groups is 1. The topological polar surface area (TPSA) is 80.0 Å². The van der Waals surface area contributed by atoms with Gasteiger partial charge in [0.05, 0.1) is 5.56 Å². The van der Waals surface area contributed by atoms with Crippen molar-refractivity contribution in [2.24, 2.45) is 5.73 Å². The van der Waals surface area contributed by atoms with Crippen molar-refractivity contribution >= 4 is 28.9 Å². The number of pyridine rings is 1. The summed E-state index contributed by atoms with van der Waals surface area (Å²) >= 11 is 5.08. The van der Waals surface area contributed by atoms with Gasteiger partial charge in [0.2, 0.25) is 5.91 Å². The molecule has 1 heterocycles. The molecule has 5 nitrogen and oxygen atoms in total. The lowest BCUT2D eigenvalue weighted by molar-refractivity contribution is -0.122. The van der Waals surface area contributed by atoms with Crippen LogP contribution >= 0.6 is 12.2 Å². The fourth-order valence-electron chi connectivity index (χ4n) is 2.00. The summed E-state index contributed by atoms with van der Waals surface area (Å²) in [6.07, 6.45) is 0. The number of aryl methyl sites for hydroxylation is 2. The predicted octanol–water partition coefficient (Wildman–Crippen LogP) is 2.05. The van der Waals surface area contributed by atoms with Gasteiger partial charge in [0, 0.05) is 11.2 Å². The van der Waals surface area contributed by atoms with Crippen molar-refractivity contribution in [2.45, 2.75) is 53.1 Å². The molecule has 0 saturated carbocycles. The predicted molar refractivity (Wildman–Crippen MR) is 90.6 cm³/mol. The van der Waals surface area contributed by atoms with Crippen LogP contribution in [-0.2, 0) is 4.79 Å². The molecule has 1 unspecified atom stereocenters. The van der Waals surface area contributed by atoms with E-state index in [9.17, 15) is 4.79 Å². The molecule has 0 fully saturated rings. The smallest absolute Gasteiger partial charge is 0.242 e. The van der Waals surface area contributed by atoms with E-state index in [0.717, 1.165) is 11.3 Å². The number of hydrogen-bond donors (Lipinski definition) is 3. The minimum atomic E-state index is -0.439. The van der Waals surface area contributed by atoms with Crippen LogP contribution in [0.5, 0.6) is 0 Å². The van der Waals surface area contributed by atoms with Gasteiger partial charge >= 0.3 is 0 Å². The maximum Gasteiger partial charge on any atom is 0.242 e. The Balaban J connectivity index is 3.02. The lowest BCUT2D eigenvalue weighted by Gasteiger charge is -2.24. The van der Waals surface area contributed by atoms with E-state index in [4.69, 9.17) is 18.0 Å². The van der Waals surface area contributed by atoms with Gasteiger partial charge in [-0.2, -0.15) is 0 Å². The number of nitrogens with zero attached hydrogens (tertiary/aromatic N) is 1. The van der Waals surface area contributed by atoms with E-state index >= 15 is 0 Å². The molecule has 0 aliphatic rings. The number of aromatic nitrogens is 1. The van der Waals surface area contributed by atoms with Gasteiger partial charge in [-0.15, -0.1) is 0 Å². The Hall–Kier alpha value is -1.69. The monoisotopic (exact) mass is 308 g/mol. The third-order valence-electron chi connectivity index (χ3n) is 2.84. The molecular formula is C15H24N4OS. The van der Waals surface area contributed by atoms with Gasteiger partial charge in [-0.1, -0.05) is 12.2 Å². The van der Waals surface area contributed by atoms with Gasteiger partial charge in [0.25, 0.3) is 0 Å². The summed E-state index contributed by atoms with van der Waals surface area (Å²) in [5.41, 5.74) is 7.96. The highest BCUT2D eigenvalue weighted by molar-refractivity contribution is 7.80. The first-order valence-electron chi connectivity index (χ1n) is 6.88. The van der Waals surface area contributed by atoms with Crippen molar-refractivity contribution in [1.29, 1.82) is 0 Å². The number of carbonyl (C=O) groups excluding carboxylic acids is 1. The zero-order valence-corrected chi connectivity index (χ0v) is 14.3. The summed E-state index contributed by atoms with van der Waals surface area (Å²) in [6.45, 7) is 11.4. The van der Waals surface area contributed by atoms with Crippen LogP contribution in [0.25, 0.3) is 0 Å². The standard InChI is InChI=1S/C15H24N4OS/c1-8-7-9(2)17-13(11(8)12(16)21)18-10(3)14(20)19-15(4,5)6/h7,10H,1-6H3,(H2,16,21)(H,17,18)(H,19,20). The average Bonchev–Trinajstić information content (AvgIpc) is 2.24. The summed E-state index contributed by atoms with van der Waals surface area (Å²) in [5, 5.41) is 6.03. The van der Waals surface area contributed by atoms with Crippen molar-refractivity contribution in [2.75, 3.05) is 5.32 Å². The second-order valence-corrected chi connectivity index (χ2v) is 6.71. The number of anilines is 1. The number of rotatable bonds is 4. The van der Waals surface area contributed by atoms with Crippen LogP contribution in [0.4, 0.5) is 5.82 Å². The summed E-state index contributed by atoms with van der Waals surface area (Å²) in [5.74, 6) is 0.453. The molecule has 0 aliphatic heterocycles. The third kappa shape index (κ3) is 4.97. The molecule has 1 aromatic heterocycles. The summed E-state index contributed by atoms with van der Waals surface area (Å²) in [4.78, 5) is 16.8. The highest BCUT2D eigenvalue weighted by Crippen LogP contribution is 2.19. The molecule has 0 spiro atoms. The summed E-state index contributed by atoms with van der Waals surface area (Å²) < 4.78 is 0. The number of amides is 1. The third-order valence-corrected chi connectivity index (χ3v) is 3.04. The molecule has 0 saturated heterocycles. The Morgan fingerprint density at radius 2 is 1.95 bits per heavy atom. The quantitative estimate of drug-likeness (QED) is 0.742. The molecule has 6 heteroatoms. The van der Waals surface area contributed by atoms with Crippen LogP contribution in [0, 0.1) is 13.8 Å². The first kappa shape index (κ1) is 17.4. The minimum Gasteiger partial charge on any atom is -0.389 e. The number of hydrogen-bond acceptors (Lipinski definition) is 4. The molecule has 21 heavy (non-hydrogen) atoms. The Morgan fingerprint density at radius 3 is 2.43 bits per heavy atom. The van der Waals surface area contributed by atoms with Gasteiger partial charge in [0.15, 0.2) is 0 Å². The molecule has 0 radical (unpaired) electrons. The zero-order valence-electron chi connectivity index (χ0n) is 13.5. The van der Waals surface area contributed by atoms with Crippen LogP contribution in [0.3, 0.4) is 0 Å². The maximum absolute atomic E-state index is 12.1. The lowest BCUT2D eigenvalue weighted by atomic mass is 10.1. The summed E-state index contributed by atoms with van der Waals surface area (Å²) in [6, 6.07) is 1.48. The highest BCUT2D eigenvalue weighted by atomic mass is 32.1. The SMILES string of the molecule is Cc1cc(C)c(C(N)=S)c(NC(C)C(=O)NC(C)(C)C)n1. The average molecular weight is 308 g/mol. The normalized spacial score (nSPS) is 12.7. The van der Waals surface area contributed by atoms with Gasteiger partial charge in [-0.05, 0) is 53.2 Å². The van der Waals surface area contributed by atoms with Crippen LogP contribution in [0.1, 0.15) is 44.5 Å². The van der Waals surface area contributed by atoms with Gasteiger partial charge in [-0.25, -0.2) is 4.98 Å². The van der Waals surface area contributed by atoms with E-state index in [2.05, 4.69) is 15.6 Å². The molecule has 1 amide bonds. The second-order valence-electron chi connectivity index (χ2n) is 6.27. The molecule has 0 bridgehead atoms. The fraction of sp³-hybridized carbons (Fsp3) is 0.533. The molecular weight excluding hydrogens is 284 g/mol. The molecule has 1 aromatic rings. The Labute approximate surface area is 131 Å². The van der Waals surface area contributed by atoms with Crippen LogP contribution < -0.4 is 16.4 Å². The van der Waals surface area contributed by atoms with Crippen molar-refractivity contribution in [3.8, 4) is 0 Å². The minimum absolute atomic E-state index is 0.0997. The van der Waals surface area contributed by atoms with E-state index in [1.807, 2.05) is 40.7 Å². The van der Waals surface area contributed by atoms with E-state index in [0.29, 0.717) is 11.4 Å². The highest BCUT2D eigenvalue weighted by Gasteiger charge is 2.21.